The molecule has 1 aliphatic carbocycles. The molecule has 2 fully saturated rings. The van der Waals surface area contributed by atoms with Crippen molar-refractivity contribution in [3.05, 3.63) is 76.9 Å². The van der Waals surface area contributed by atoms with Gasteiger partial charge in [0.15, 0.2) is 0 Å². The van der Waals surface area contributed by atoms with Crippen LogP contribution in [0.25, 0.3) is 11.6 Å². The molecule has 2 N–H and O–H groups in total. The summed E-state index contributed by atoms with van der Waals surface area (Å²) in [7, 11) is 0.0518. The van der Waals surface area contributed by atoms with E-state index in [1.165, 1.54) is 0 Å². The van der Waals surface area contributed by atoms with Crippen LogP contribution in [0.5, 0.6) is 5.75 Å². The quantitative estimate of drug-likeness (QED) is 0.217. The fraction of sp³-hybridized carbons (Fsp3) is 0.387. The number of likely N-dealkylation sites (tertiary alicyclic amines) is 1. The van der Waals surface area contributed by atoms with Crippen molar-refractivity contribution in [1.29, 1.82) is 0 Å². The molecule has 0 aromatic heterocycles. The van der Waals surface area contributed by atoms with Gasteiger partial charge in [-0.15, -0.1) is 0 Å². The molecule has 2 aromatic rings. The van der Waals surface area contributed by atoms with Crippen molar-refractivity contribution >= 4 is 36.7 Å². The van der Waals surface area contributed by atoms with Crippen molar-refractivity contribution in [2.45, 2.75) is 51.5 Å². The summed E-state index contributed by atoms with van der Waals surface area (Å²) >= 11 is 0. The van der Waals surface area contributed by atoms with Gasteiger partial charge in [-0.25, -0.2) is 4.79 Å². The molecule has 3 aliphatic rings. The summed E-state index contributed by atoms with van der Waals surface area (Å²) in [6.45, 7) is 2.06. The molecule has 2 aliphatic heterocycles. The minimum Gasteiger partial charge on any atom is -0.507 e. The highest BCUT2D eigenvalue weighted by molar-refractivity contribution is 6.43. The first kappa shape index (κ1) is 27.9. The van der Waals surface area contributed by atoms with E-state index in [1.807, 2.05) is 48.5 Å². The summed E-state index contributed by atoms with van der Waals surface area (Å²) in [4.78, 5) is 39.5. The van der Waals surface area contributed by atoms with Gasteiger partial charge >= 0.3 is 13.2 Å². The summed E-state index contributed by atoms with van der Waals surface area (Å²) in [5, 5.41) is 21.2. The van der Waals surface area contributed by atoms with E-state index < -0.39 is 48.9 Å². The van der Waals surface area contributed by atoms with Crippen LogP contribution in [-0.4, -0.2) is 53.3 Å². The molecule has 208 valence electrons. The van der Waals surface area contributed by atoms with Crippen molar-refractivity contribution in [2.75, 3.05) is 7.11 Å². The lowest BCUT2D eigenvalue weighted by molar-refractivity contribution is -0.137. The number of para-hydroxylation sites is 1. The van der Waals surface area contributed by atoms with E-state index in [1.54, 1.807) is 12.1 Å². The normalized spacial score (nSPS) is 24.7. The molecule has 5 rings (SSSR count). The molecule has 3 amide bonds. The number of carbonyl (C=O) groups is 3. The Labute approximate surface area is 234 Å². The maximum Gasteiger partial charge on any atom is 0.455 e. The monoisotopic (exact) mass is 543 g/mol. The van der Waals surface area contributed by atoms with E-state index in [0.717, 1.165) is 42.2 Å². The van der Waals surface area contributed by atoms with E-state index in [4.69, 9.17) is 9.39 Å². The highest BCUT2D eigenvalue weighted by atomic mass is 16.5. The Morgan fingerprint density at radius 2 is 1.82 bits per heavy atom. The van der Waals surface area contributed by atoms with Crippen LogP contribution < -0.4 is 0 Å². The third-order valence-corrected chi connectivity index (χ3v) is 8.30. The standard InChI is InChI=1S/C31H34BNO7/c1-3-9-22-17-23-28(30(36)33(29(23)35)31(37)39-2)24-18-32(38)40-26(27(22)24)15-14-20(19-10-5-4-6-11-19)16-21-12-7-8-13-25(21)34/h4-8,10-13,16,23-24,26,28,34,38H,3,9,14-15,17-18H2,1-2H3/b20-16-/t23-,24+,26-,28-/m1/s1. The summed E-state index contributed by atoms with van der Waals surface area (Å²) in [6, 6.07) is 17.1. The van der Waals surface area contributed by atoms with E-state index in [9.17, 15) is 24.5 Å². The molecule has 4 atom stereocenters. The first-order valence-corrected chi connectivity index (χ1v) is 13.9. The maximum atomic E-state index is 13.4. The highest BCUT2D eigenvalue weighted by Crippen LogP contribution is 2.51. The number of nitrogens with zero attached hydrogens (tertiary/aromatic N) is 1. The molecule has 0 radical (unpaired) electrons. The summed E-state index contributed by atoms with van der Waals surface area (Å²) in [5.41, 5.74) is 4.77. The minimum atomic E-state index is -1.10. The van der Waals surface area contributed by atoms with Gasteiger partial charge in [-0.2, -0.15) is 4.90 Å². The largest absolute Gasteiger partial charge is 0.507 e. The topological polar surface area (TPSA) is 113 Å². The minimum absolute atomic E-state index is 0.186. The Morgan fingerprint density at radius 1 is 1.10 bits per heavy atom. The van der Waals surface area contributed by atoms with E-state index >= 15 is 0 Å². The molecule has 2 aromatic carbocycles. The Balaban J connectivity index is 1.49. The van der Waals surface area contributed by atoms with Gasteiger partial charge in [0.1, 0.15) is 5.75 Å². The molecule has 2 saturated heterocycles. The number of phenols is 1. The SMILES string of the molecule is CCCC1=C2[C@@H](CC/C(=C/c3ccccc3O)c3ccccc3)OB(O)C[C@@H]2[C@@H]2C(=O)N(C(=O)OC)C(=O)[C@@H]2C1. The van der Waals surface area contributed by atoms with Crippen LogP contribution in [0.3, 0.4) is 0 Å². The fourth-order valence-corrected chi connectivity index (χ4v) is 6.61. The zero-order valence-electron chi connectivity index (χ0n) is 22.8. The van der Waals surface area contributed by atoms with Gasteiger partial charge in [0, 0.05) is 5.56 Å². The zero-order chi connectivity index (χ0) is 28.4. The van der Waals surface area contributed by atoms with Crippen molar-refractivity contribution in [3.63, 3.8) is 0 Å². The number of aromatic hydroxyl groups is 1. The molecule has 0 saturated carbocycles. The Hall–Kier alpha value is -3.69. The van der Waals surface area contributed by atoms with Gasteiger partial charge in [0.25, 0.3) is 0 Å². The summed E-state index contributed by atoms with van der Waals surface area (Å²) in [6.07, 6.45) is 3.83. The summed E-state index contributed by atoms with van der Waals surface area (Å²) < 4.78 is 10.8. The van der Waals surface area contributed by atoms with Gasteiger partial charge in [-0.3, -0.25) is 9.59 Å². The third-order valence-electron chi connectivity index (χ3n) is 8.30. The Bertz CT molecular complexity index is 1350. The molecule has 8 nitrogen and oxygen atoms in total. The lowest BCUT2D eigenvalue weighted by Gasteiger charge is -2.43. The van der Waals surface area contributed by atoms with Gasteiger partial charge in [0.2, 0.25) is 11.8 Å². The predicted molar refractivity (Wildman–Crippen MR) is 151 cm³/mol. The molecular weight excluding hydrogens is 509 g/mol. The second-order valence-corrected chi connectivity index (χ2v) is 10.7. The van der Waals surface area contributed by atoms with E-state index in [2.05, 4.69) is 6.92 Å². The Morgan fingerprint density at radius 3 is 2.52 bits per heavy atom. The van der Waals surface area contributed by atoms with Gasteiger partial charge in [-0.1, -0.05) is 67.4 Å². The van der Waals surface area contributed by atoms with Crippen LogP contribution in [0.4, 0.5) is 4.79 Å². The zero-order valence-corrected chi connectivity index (χ0v) is 22.8. The van der Waals surface area contributed by atoms with Crippen LogP contribution in [-0.2, 0) is 19.0 Å². The lowest BCUT2D eigenvalue weighted by Crippen LogP contribution is -2.46. The first-order chi connectivity index (χ1) is 19.3. The number of amides is 3. The number of fused-ring (bicyclic) bond motifs is 3. The van der Waals surface area contributed by atoms with E-state index in [0.29, 0.717) is 29.7 Å². The molecule has 9 heteroatoms. The second kappa shape index (κ2) is 11.8. The number of allylic oxidation sites excluding steroid dienone is 2. The van der Waals surface area contributed by atoms with Crippen molar-refractivity contribution in [1.82, 2.24) is 4.90 Å². The molecular formula is C31H34BNO7. The number of phenolic OH excluding ortho intramolecular Hbond substituents is 1. The molecule has 0 bridgehead atoms. The number of imide groups is 3. The first-order valence-electron chi connectivity index (χ1n) is 13.9. The summed E-state index contributed by atoms with van der Waals surface area (Å²) in [5.74, 6) is -2.67. The molecule has 0 unspecified atom stereocenters. The van der Waals surface area contributed by atoms with Crippen LogP contribution in [0.1, 0.15) is 50.2 Å². The van der Waals surface area contributed by atoms with Crippen molar-refractivity contribution in [3.8, 4) is 5.75 Å². The van der Waals surface area contributed by atoms with Crippen LogP contribution in [0.15, 0.2) is 65.7 Å². The lowest BCUT2D eigenvalue weighted by atomic mass is 9.58. The number of hydrogen-bond acceptors (Lipinski definition) is 7. The second-order valence-electron chi connectivity index (χ2n) is 10.7. The fourth-order valence-electron chi connectivity index (χ4n) is 6.61. The third kappa shape index (κ3) is 5.23. The van der Waals surface area contributed by atoms with Crippen LogP contribution >= 0.6 is 0 Å². The predicted octanol–water partition coefficient (Wildman–Crippen LogP) is 5.08. The number of rotatable bonds is 7. The number of ether oxygens (including phenoxy) is 1. The molecule has 2 heterocycles. The average Bonchev–Trinajstić information content (AvgIpc) is 3.21. The van der Waals surface area contributed by atoms with Crippen molar-refractivity contribution < 1.29 is 33.9 Å². The van der Waals surface area contributed by atoms with Crippen LogP contribution in [0.2, 0.25) is 6.32 Å². The highest BCUT2D eigenvalue weighted by Gasteiger charge is 2.59. The van der Waals surface area contributed by atoms with Crippen molar-refractivity contribution in [2.24, 2.45) is 17.8 Å². The smallest absolute Gasteiger partial charge is 0.455 e. The number of benzene rings is 2. The van der Waals surface area contributed by atoms with Gasteiger partial charge < -0.3 is 19.5 Å². The average molecular weight is 543 g/mol. The molecule has 0 spiro atoms. The number of hydrogen-bond donors (Lipinski definition) is 2. The van der Waals surface area contributed by atoms with Gasteiger partial charge in [-0.05, 0) is 66.8 Å². The number of carbonyl (C=O) groups excluding carboxylic acids is 3. The van der Waals surface area contributed by atoms with E-state index in [-0.39, 0.29) is 12.1 Å². The maximum absolute atomic E-state index is 13.4. The van der Waals surface area contributed by atoms with Gasteiger partial charge in [0.05, 0.1) is 25.0 Å². The Kier molecular flexibility index (Phi) is 8.23. The van der Waals surface area contributed by atoms with Crippen LogP contribution in [0, 0.1) is 17.8 Å². The number of methoxy groups -OCH3 is 1. The molecule has 40 heavy (non-hydrogen) atoms.